The number of nitrogens with zero attached hydrogens (tertiary/aromatic N) is 3. The van der Waals surface area contributed by atoms with Crippen LogP contribution in [0.15, 0.2) is 23.6 Å². The van der Waals surface area contributed by atoms with Gasteiger partial charge in [0, 0.05) is 25.3 Å². The Hall–Kier alpha value is -1.62. The van der Waals surface area contributed by atoms with Gasteiger partial charge in [-0.25, -0.2) is 0 Å². The van der Waals surface area contributed by atoms with Crippen molar-refractivity contribution in [1.82, 2.24) is 14.7 Å². The Labute approximate surface area is 129 Å². The van der Waals surface area contributed by atoms with Crippen LogP contribution < -0.4 is 0 Å². The number of aromatic nitrogens is 2. The molecule has 0 aliphatic carbocycles. The zero-order valence-corrected chi connectivity index (χ0v) is 13.4. The molecule has 1 fully saturated rings. The van der Waals surface area contributed by atoms with Gasteiger partial charge in [0.25, 0.3) is 5.91 Å². The van der Waals surface area contributed by atoms with Crippen molar-refractivity contribution in [3.8, 4) is 0 Å². The fourth-order valence-corrected chi connectivity index (χ4v) is 3.67. The molecule has 0 aromatic carbocycles. The van der Waals surface area contributed by atoms with Gasteiger partial charge in [-0.05, 0) is 50.1 Å². The predicted octanol–water partition coefficient (Wildman–Crippen LogP) is 3.11. The van der Waals surface area contributed by atoms with E-state index in [1.807, 2.05) is 29.3 Å². The van der Waals surface area contributed by atoms with Crippen molar-refractivity contribution >= 4 is 17.2 Å². The lowest BCUT2D eigenvalue weighted by molar-refractivity contribution is 0.0686. The topological polar surface area (TPSA) is 38.1 Å². The summed E-state index contributed by atoms with van der Waals surface area (Å²) in [6.45, 7) is 6.84. The summed E-state index contributed by atoms with van der Waals surface area (Å²) in [6, 6.07) is 5.97. The van der Waals surface area contributed by atoms with Crippen molar-refractivity contribution in [3.05, 3.63) is 39.8 Å². The van der Waals surface area contributed by atoms with Crippen LogP contribution in [0.5, 0.6) is 0 Å². The molecule has 112 valence electrons. The molecule has 0 radical (unpaired) electrons. The molecule has 2 aromatic heterocycles. The third kappa shape index (κ3) is 3.18. The van der Waals surface area contributed by atoms with E-state index in [2.05, 4.69) is 22.8 Å². The Kier molecular flexibility index (Phi) is 4.10. The first-order valence-electron chi connectivity index (χ1n) is 7.47. The summed E-state index contributed by atoms with van der Waals surface area (Å²) in [5.74, 6) is 0.810. The van der Waals surface area contributed by atoms with E-state index in [0.717, 1.165) is 43.0 Å². The number of rotatable bonds is 3. The van der Waals surface area contributed by atoms with E-state index in [4.69, 9.17) is 0 Å². The molecule has 0 atom stereocenters. The van der Waals surface area contributed by atoms with Gasteiger partial charge in [0.2, 0.25) is 0 Å². The van der Waals surface area contributed by atoms with Gasteiger partial charge in [-0.3, -0.25) is 9.48 Å². The van der Waals surface area contributed by atoms with Gasteiger partial charge in [-0.15, -0.1) is 11.3 Å². The van der Waals surface area contributed by atoms with E-state index in [1.54, 1.807) is 0 Å². The quantitative estimate of drug-likeness (QED) is 0.874. The van der Waals surface area contributed by atoms with Gasteiger partial charge in [0.15, 0.2) is 0 Å². The number of likely N-dealkylation sites (tertiary alicyclic amines) is 1. The summed E-state index contributed by atoms with van der Waals surface area (Å²) < 4.78 is 2.11. The minimum atomic E-state index is 0.189. The lowest BCUT2D eigenvalue weighted by Crippen LogP contribution is -2.39. The first kappa shape index (κ1) is 14.3. The molecule has 0 N–H and O–H groups in total. The van der Waals surface area contributed by atoms with E-state index in [-0.39, 0.29) is 5.91 Å². The molecule has 0 unspecified atom stereocenters. The number of carbonyl (C=O) groups is 1. The maximum atomic E-state index is 12.3. The molecule has 0 bridgehead atoms. The molecule has 4 nitrogen and oxygen atoms in total. The summed E-state index contributed by atoms with van der Waals surface area (Å²) in [5.41, 5.74) is 2.31. The molecule has 3 heterocycles. The maximum Gasteiger partial charge on any atom is 0.263 e. The summed E-state index contributed by atoms with van der Waals surface area (Å²) in [6.07, 6.45) is 2.13. The van der Waals surface area contributed by atoms with Crippen molar-refractivity contribution in [3.63, 3.8) is 0 Å². The van der Waals surface area contributed by atoms with Crippen LogP contribution in [0.3, 0.4) is 0 Å². The van der Waals surface area contributed by atoms with Crippen LogP contribution in [0, 0.1) is 19.8 Å². The van der Waals surface area contributed by atoms with Gasteiger partial charge in [0.05, 0.1) is 10.6 Å². The molecule has 21 heavy (non-hydrogen) atoms. The summed E-state index contributed by atoms with van der Waals surface area (Å²) >= 11 is 1.53. The van der Waals surface area contributed by atoms with E-state index >= 15 is 0 Å². The van der Waals surface area contributed by atoms with Crippen molar-refractivity contribution in [2.75, 3.05) is 13.1 Å². The molecule has 1 saturated heterocycles. The highest BCUT2D eigenvalue weighted by Gasteiger charge is 2.24. The van der Waals surface area contributed by atoms with E-state index < -0.39 is 0 Å². The molecule has 5 heteroatoms. The molecule has 3 rings (SSSR count). The number of amides is 1. The fourth-order valence-electron chi connectivity index (χ4n) is 2.98. The van der Waals surface area contributed by atoms with Crippen LogP contribution >= 0.6 is 11.3 Å². The second kappa shape index (κ2) is 6.02. The zero-order chi connectivity index (χ0) is 14.8. The minimum absolute atomic E-state index is 0.189. The highest BCUT2D eigenvalue weighted by atomic mass is 32.1. The monoisotopic (exact) mass is 303 g/mol. The molecule has 0 saturated carbocycles. The van der Waals surface area contributed by atoms with Crippen LogP contribution in [0.4, 0.5) is 0 Å². The number of carbonyl (C=O) groups excluding carboxylic acids is 1. The molecule has 0 spiro atoms. The highest BCUT2D eigenvalue weighted by Crippen LogP contribution is 2.22. The lowest BCUT2D eigenvalue weighted by Gasteiger charge is -2.31. The Morgan fingerprint density at radius 2 is 2.14 bits per heavy atom. The normalized spacial score (nSPS) is 16.4. The average molecular weight is 303 g/mol. The number of hydrogen-bond donors (Lipinski definition) is 0. The third-order valence-electron chi connectivity index (χ3n) is 4.17. The van der Waals surface area contributed by atoms with Crippen LogP contribution in [-0.4, -0.2) is 33.7 Å². The standard InChI is InChI=1S/C16H21N3OS/c1-12-10-13(2)19(17-12)11-14-5-7-18(8-6-14)16(20)15-4-3-9-21-15/h3-4,9-10,14H,5-8,11H2,1-2H3. The zero-order valence-electron chi connectivity index (χ0n) is 12.6. The van der Waals surface area contributed by atoms with Gasteiger partial charge >= 0.3 is 0 Å². The Balaban J connectivity index is 1.56. The van der Waals surface area contributed by atoms with Gasteiger partial charge in [-0.2, -0.15) is 5.10 Å². The summed E-state index contributed by atoms with van der Waals surface area (Å²) in [7, 11) is 0. The highest BCUT2D eigenvalue weighted by molar-refractivity contribution is 7.12. The summed E-state index contributed by atoms with van der Waals surface area (Å²) in [5, 5.41) is 6.50. The third-order valence-corrected chi connectivity index (χ3v) is 5.03. The van der Waals surface area contributed by atoms with E-state index in [0.29, 0.717) is 5.92 Å². The molecule has 1 amide bonds. The van der Waals surface area contributed by atoms with Crippen LogP contribution in [-0.2, 0) is 6.54 Å². The first-order chi connectivity index (χ1) is 10.1. The Morgan fingerprint density at radius 1 is 1.38 bits per heavy atom. The Morgan fingerprint density at radius 3 is 2.71 bits per heavy atom. The number of hydrogen-bond acceptors (Lipinski definition) is 3. The number of piperidine rings is 1. The first-order valence-corrected chi connectivity index (χ1v) is 8.35. The SMILES string of the molecule is Cc1cc(C)n(CC2CCN(C(=O)c3cccs3)CC2)n1. The van der Waals surface area contributed by atoms with Crippen molar-refractivity contribution < 1.29 is 4.79 Å². The molecule has 1 aliphatic rings. The van der Waals surface area contributed by atoms with E-state index in [9.17, 15) is 4.79 Å². The van der Waals surface area contributed by atoms with Crippen molar-refractivity contribution in [2.24, 2.45) is 5.92 Å². The van der Waals surface area contributed by atoms with Crippen molar-refractivity contribution in [2.45, 2.75) is 33.2 Å². The van der Waals surface area contributed by atoms with Gasteiger partial charge < -0.3 is 4.90 Å². The van der Waals surface area contributed by atoms with Gasteiger partial charge in [0.1, 0.15) is 0 Å². The molecule has 1 aliphatic heterocycles. The minimum Gasteiger partial charge on any atom is -0.338 e. The molecule has 2 aromatic rings. The second-order valence-electron chi connectivity index (χ2n) is 5.82. The van der Waals surface area contributed by atoms with Crippen LogP contribution in [0.2, 0.25) is 0 Å². The van der Waals surface area contributed by atoms with E-state index in [1.165, 1.54) is 17.0 Å². The summed E-state index contributed by atoms with van der Waals surface area (Å²) in [4.78, 5) is 15.1. The molecular weight excluding hydrogens is 282 g/mol. The smallest absolute Gasteiger partial charge is 0.263 e. The Bertz CT molecular complexity index is 610. The molecular formula is C16H21N3OS. The number of thiophene rings is 1. The van der Waals surface area contributed by atoms with Gasteiger partial charge in [-0.1, -0.05) is 6.07 Å². The van der Waals surface area contributed by atoms with Crippen LogP contribution in [0.25, 0.3) is 0 Å². The van der Waals surface area contributed by atoms with Crippen LogP contribution in [0.1, 0.15) is 33.9 Å². The second-order valence-corrected chi connectivity index (χ2v) is 6.77. The number of aryl methyl sites for hydroxylation is 2. The lowest BCUT2D eigenvalue weighted by atomic mass is 9.96. The fraction of sp³-hybridized carbons (Fsp3) is 0.500. The van der Waals surface area contributed by atoms with Crippen molar-refractivity contribution in [1.29, 1.82) is 0 Å². The maximum absolute atomic E-state index is 12.3. The average Bonchev–Trinajstić information content (AvgIpc) is 3.10. The predicted molar refractivity (Wildman–Crippen MR) is 84.6 cm³/mol. The largest absolute Gasteiger partial charge is 0.338 e.